The Kier molecular flexibility index (Phi) is 10.3. The lowest BCUT2D eigenvalue weighted by Crippen LogP contribution is -2.43. The maximum Gasteiger partial charge on any atom is 0.410 e. The van der Waals surface area contributed by atoms with Crippen LogP contribution in [0.5, 0.6) is 5.75 Å². The van der Waals surface area contributed by atoms with E-state index < -0.39 is 61.9 Å². The van der Waals surface area contributed by atoms with E-state index in [4.69, 9.17) is 18.6 Å². The average molecular weight is 699 g/mol. The van der Waals surface area contributed by atoms with Crippen LogP contribution in [0.25, 0.3) is 10.9 Å². The van der Waals surface area contributed by atoms with E-state index in [1.54, 1.807) is 54.5 Å². The van der Waals surface area contributed by atoms with Crippen molar-refractivity contribution in [3.05, 3.63) is 75.6 Å². The van der Waals surface area contributed by atoms with Crippen molar-refractivity contribution in [3.63, 3.8) is 0 Å². The number of rotatable bonds is 10. The molecule has 49 heavy (non-hydrogen) atoms. The van der Waals surface area contributed by atoms with Gasteiger partial charge in [-0.15, -0.1) is 0 Å². The molecule has 1 unspecified atom stereocenters. The summed E-state index contributed by atoms with van der Waals surface area (Å²) in [5, 5.41) is -0.125. The molecule has 2 aromatic carbocycles. The van der Waals surface area contributed by atoms with Crippen LogP contribution in [0, 0.1) is 17.6 Å². The first-order valence-corrected chi connectivity index (χ1v) is 18.2. The molecule has 2 heterocycles. The van der Waals surface area contributed by atoms with Gasteiger partial charge >= 0.3 is 12.1 Å². The summed E-state index contributed by atoms with van der Waals surface area (Å²) in [6.45, 7) is 15.9. The van der Waals surface area contributed by atoms with Crippen LogP contribution in [0.2, 0.25) is 5.04 Å². The van der Waals surface area contributed by atoms with Crippen LogP contribution in [-0.2, 0) is 20.5 Å². The number of carbonyl (C=O) groups is 2. The minimum Gasteiger partial charge on any atom is -0.486 e. The number of amides is 1. The van der Waals surface area contributed by atoms with Crippen LogP contribution in [0.4, 0.5) is 13.6 Å². The SMILES string of the molecule is CC(C)(C)OC(=O)N1CC(C(C)(C)O[SiH2]C(C)(C)C)C[C@H]1COc1c(F)c(F)cc2c(=O)c(C(=O)OCc3ccccc3)cn(C3CC3)c12. The fourth-order valence-electron chi connectivity index (χ4n) is 5.97. The van der Waals surface area contributed by atoms with Gasteiger partial charge in [0.05, 0.1) is 22.5 Å². The van der Waals surface area contributed by atoms with E-state index >= 15 is 8.78 Å². The molecule has 1 aromatic heterocycles. The van der Waals surface area contributed by atoms with Gasteiger partial charge in [0.1, 0.15) is 24.4 Å². The van der Waals surface area contributed by atoms with Gasteiger partial charge in [-0.1, -0.05) is 51.1 Å². The van der Waals surface area contributed by atoms with Crippen LogP contribution in [-0.4, -0.2) is 61.7 Å². The molecule has 3 aromatic rings. The Morgan fingerprint density at radius 2 is 1.67 bits per heavy atom. The van der Waals surface area contributed by atoms with E-state index in [-0.39, 0.29) is 46.7 Å². The minimum atomic E-state index is -1.29. The van der Waals surface area contributed by atoms with Gasteiger partial charge < -0.3 is 28.1 Å². The third-order valence-corrected chi connectivity index (χ3v) is 10.6. The van der Waals surface area contributed by atoms with Crippen molar-refractivity contribution in [2.45, 2.75) is 110 Å². The van der Waals surface area contributed by atoms with Gasteiger partial charge in [0, 0.05) is 24.7 Å². The lowest BCUT2D eigenvalue weighted by atomic mass is 9.89. The molecule has 1 saturated carbocycles. The highest BCUT2D eigenvalue weighted by Gasteiger charge is 2.45. The summed E-state index contributed by atoms with van der Waals surface area (Å²) < 4.78 is 56.3. The first kappa shape index (κ1) is 36.5. The number of esters is 1. The largest absolute Gasteiger partial charge is 0.486 e. The monoisotopic (exact) mass is 698 g/mol. The molecule has 0 spiro atoms. The zero-order valence-corrected chi connectivity index (χ0v) is 31.1. The van der Waals surface area contributed by atoms with Gasteiger partial charge in [0.25, 0.3) is 0 Å². The lowest BCUT2D eigenvalue weighted by Gasteiger charge is -2.35. The topological polar surface area (TPSA) is 96.3 Å². The highest BCUT2D eigenvalue weighted by molar-refractivity contribution is 6.31. The minimum absolute atomic E-state index is 0.0521. The van der Waals surface area contributed by atoms with Crippen LogP contribution in [0.15, 0.2) is 47.4 Å². The van der Waals surface area contributed by atoms with Crippen LogP contribution in [0.3, 0.4) is 0 Å². The number of pyridine rings is 1. The van der Waals surface area contributed by atoms with Gasteiger partial charge in [-0.05, 0) is 70.5 Å². The standard InChI is InChI=1S/C37H48F2N2O7Si/c1-35(2,3)47-34(44)41-18-23(37(7,8)48-49-36(4,5)6)16-25(41)21-45-32-29(39)28(38)17-26-30(32)40(24-14-15-24)19-27(31(26)42)33(43)46-20-22-12-10-9-11-13-22/h9-13,17,19,23-25H,14-16,18,20-21,49H2,1-8H3/t23?,25-/m0/s1. The van der Waals surface area contributed by atoms with E-state index in [1.165, 1.54) is 6.20 Å². The molecule has 0 N–H and O–H groups in total. The molecule has 1 aliphatic heterocycles. The maximum absolute atomic E-state index is 15.7. The highest BCUT2D eigenvalue weighted by atomic mass is 28.2. The number of likely N-dealkylation sites (tertiary alicyclic amines) is 1. The number of ether oxygens (including phenoxy) is 3. The number of benzene rings is 2. The van der Waals surface area contributed by atoms with Gasteiger partial charge in [-0.25, -0.2) is 14.0 Å². The van der Waals surface area contributed by atoms with Gasteiger partial charge in [0.15, 0.2) is 21.3 Å². The van der Waals surface area contributed by atoms with Crippen molar-refractivity contribution in [1.29, 1.82) is 0 Å². The Hall–Kier alpha value is -3.77. The fourth-order valence-corrected chi connectivity index (χ4v) is 7.01. The number of hydrogen-bond acceptors (Lipinski definition) is 7. The maximum atomic E-state index is 15.7. The highest BCUT2D eigenvalue weighted by Crippen LogP contribution is 2.42. The Labute approximate surface area is 288 Å². The van der Waals surface area contributed by atoms with E-state index in [0.717, 1.165) is 24.5 Å². The number of nitrogens with zero attached hydrogens (tertiary/aromatic N) is 2. The normalized spacial score (nSPS) is 18.8. The number of carbonyl (C=O) groups excluding carboxylic acids is 2. The Morgan fingerprint density at radius 1 is 1.00 bits per heavy atom. The second-order valence-electron chi connectivity index (χ2n) is 16.0. The lowest BCUT2D eigenvalue weighted by molar-refractivity contribution is 0.0145. The number of halogens is 2. The van der Waals surface area contributed by atoms with Crippen molar-refractivity contribution in [1.82, 2.24) is 9.47 Å². The molecule has 1 aliphatic carbocycles. The molecule has 2 aliphatic rings. The quantitative estimate of drug-likeness (QED) is 0.165. The molecule has 2 atom stereocenters. The number of aromatic nitrogens is 1. The Balaban J connectivity index is 1.47. The van der Waals surface area contributed by atoms with E-state index in [0.29, 0.717) is 13.0 Å². The molecule has 1 saturated heterocycles. The summed E-state index contributed by atoms with van der Waals surface area (Å²) in [7, 11) is -0.915. The second kappa shape index (κ2) is 13.9. The molecule has 12 heteroatoms. The molecular formula is C37H48F2N2O7Si. The summed E-state index contributed by atoms with van der Waals surface area (Å²) in [6.07, 6.45) is 2.74. The Bertz CT molecular complexity index is 1760. The molecule has 0 radical (unpaired) electrons. The molecule has 9 nitrogen and oxygen atoms in total. The Morgan fingerprint density at radius 3 is 2.29 bits per heavy atom. The zero-order valence-electron chi connectivity index (χ0n) is 29.7. The van der Waals surface area contributed by atoms with E-state index in [1.807, 2.05) is 19.9 Å². The van der Waals surface area contributed by atoms with Crippen LogP contribution >= 0.6 is 0 Å². The summed E-state index contributed by atoms with van der Waals surface area (Å²) >= 11 is 0. The van der Waals surface area contributed by atoms with E-state index in [2.05, 4.69) is 20.8 Å². The van der Waals surface area contributed by atoms with Crippen LogP contribution < -0.4 is 10.2 Å². The molecular weight excluding hydrogens is 650 g/mol. The molecule has 5 rings (SSSR count). The van der Waals surface area contributed by atoms with Gasteiger partial charge in [-0.3, -0.25) is 4.79 Å². The van der Waals surface area contributed by atoms with E-state index in [9.17, 15) is 14.4 Å². The average Bonchev–Trinajstić information content (AvgIpc) is 3.76. The third-order valence-electron chi connectivity index (χ3n) is 8.86. The number of hydrogen-bond donors (Lipinski definition) is 0. The van der Waals surface area contributed by atoms with Crippen molar-refractivity contribution in [2.75, 3.05) is 13.2 Å². The predicted octanol–water partition coefficient (Wildman–Crippen LogP) is 7.07. The van der Waals surface area contributed by atoms with Crippen molar-refractivity contribution < 1.29 is 37.0 Å². The van der Waals surface area contributed by atoms with Gasteiger partial charge in [0.2, 0.25) is 11.2 Å². The fraction of sp³-hybridized carbons (Fsp3) is 0.541. The summed E-state index contributed by atoms with van der Waals surface area (Å²) in [5.41, 5.74) is -1.57. The zero-order chi connectivity index (χ0) is 35.9. The van der Waals surface area contributed by atoms with Crippen LogP contribution in [0.1, 0.15) is 96.6 Å². The smallest absolute Gasteiger partial charge is 0.410 e. The van der Waals surface area contributed by atoms with Gasteiger partial charge in [-0.2, -0.15) is 4.39 Å². The molecule has 2 fully saturated rings. The summed E-state index contributed by atoms with van der Waals surface area (Å²) in [6, 6.07) is 9.14. The molecule has 266 valence electrons. The summed E-state index contributed by atoms with van der Waals surface area (Å²) in [5.74, 6) is -3.91. The number of fused-ring (bicyclic) bond motifs is 1. The van der Waals surface area contributed by atoms with Crippen molar-refractivity contribution in [2.24, 2.45) is 5.92 Å². The van der Waals surface area contributed by atoms with Crippen molar-refractivity contribution in [3.8, 4) is 5.75 Å². The molecule has 0 bridgehead atoms. The summed E-state index contributed by atoms with van der Waals surface area (Å²) in [4.78, 5) is 41.8. The molecule has 1 amide bonds. The predicted molar refractivity (Wildman–Crippen MR) is 186 cm³/mol. The third kappa shape index (κ3) is 8.70. The first-order valence-electron chi connectivity index (χ1n) is 16.9. The van der Waals surface area contributed by atoms with Crippen molar-refractivity contribution >= 4 is 32.7 Å². The first-order chi connectivity index (χ1) is 22.8. The second-order valence-corrected chi connectivity index (χ2v) is 18.7.